The van der Waals surface area contributed by atoms with Crippen LogP contribution in [-0.4, -0.2) is 29.0 Å². The summed E-state index contributed by atoms with van der Waals surface area (Å²) in [5, 5.41) is 3.05. The second-order valence-electron chi connectivity index (χ2n) is 4.25. The fraction of sp³-hybridized carbons (Fsp3) is 0.889. The van der Waals surface area contributed by atoms with Gasteiger partial charge >= 0.3 is 0 Å². The fourth-order valence-electron chi connectivity index (χ4n) is 1.52. The van der Waals surface area contributed by atoms with Crippen LogP contribution in [-0.2, 0) is 4.79 Å². The molecule has 0 spiro atoms. The first-order chi connectivity index (χ1) is 6.12. The minimum Gasteiger partial charge on any atom is -0.351 e. The summed E-state index contributed by atoms with van der Waals surface area (Å²) in [5.41, 5.74) is 5.29. The molecule has 3 N–H and O–H groups in total. The maximum atomic E-state index is 11.6. The third-order valence-corrected chi connectivity index (χ3v) is 4.28. The molecule has 1 saturated carbocycles. The van der Waals surface area contributed by atoms with Crippen LogP contribution in [0.4, 0.5) is 0 Å². The van der Waals surface area contributed by atoms with Gasteiger partial charge in [-0.15, -0.1) is 0 Å². The molecule has 2 atom stereocenters. The number of carbonyl (C=O) groups excluding carboxylic acids is 1. The van der Waals surface area contributed by atoms with Gasteiger partial charge < -0.3 is 11.1 Å². The van der Waals surface area contributed by atoms with E-state index in [1.165, 1.54) is 0 Å². The van der Waals surface area contributed by atoms with Gasteiger partial charge in [-0.3, -0.25) is 4.79 Å². The summed E-state index contributed by atoms with van der Waals surface area (Å²) in [5.74, 6) is 2.86. The van der Waals surface area contributed by atoms with E-state index in [0.29, 0.717) is 12.0 Å². The molecule has 2 rings (SSSR count). The Morgan fingerprint density at radius 3 is 2.69 bits per heavy atom. The molecular formula is C9H16N2OS. The molecule has 74 valence electrons. The van der Waals surface area contributed by atoms with Gasteiger partial charge in [0.25, 0.3) is 0 Å². The van der Waals surface area contributed by atoms with Crippen molar-refractivity contribution >= 4 is 17.7 Å². The molecule has 1 saturated heterocycles. The summed E-state index contributed by atoms with van der Waals surface area (Å²) in [6.07, 6.45) is 1.71. The highest BCUT2D eigenvalue weighted by Crippen LogP contribution is 2.33. The second-order valence-corrected chi connectivity index (χ2v) is 5.33. The van der Waals surface area contributed by atoms with Crippen molar-refractivity contribution in [1.29, 1.82) is 0 Å². The maximum absolute atomic E-state index is 11.6. The number of nitrogens with two attached hydrogens (primary N) is 1. The monoisotopic (exact) mass is 200 g/mol. The molecule has 0 aromatic carbocycles. The summed E-state index contributed by atoms with van der Waals surface area (Å²) in [6, 6.07) is 0.346. The lowest BCUT2D eigenvalue weighted by molar-refractivity contribution is -0.124. The van der Waals surface area contributed by atoms with Gasteiger partial charge in [-0.05, 0) is 24.5 Å². The molecule has 0 bridgehead atoms. The second kappa shape index (κ2) is 3.17. The van der Waals surface area contributed by atoms with Crippen LogP contribution in [0.15, 0.2) is 0 Å². The van der Waals surface area contributed by atoms with Crippen molar-refractivity contribution in [1.82, 2.24) is 5.32 Å². The molecule has 2 aliphatic rings. The van der Waals surface area contributed by atoms with E-state index in [0.717, 1.165) is 24.3 Å². The summed E-state index contributed by atoms with van der Waals surface area (Å²) in [6.45, 7) is 2.18. The van der Waals surface area contributed by atoms with E-state index in [4.69, 9.17) is 5.73 Å². The van der Waals surface area contributed by atoms with Crippen LogP contribution >= 0.6 is 11.8 Å². The zero-order chi connectivity index (χ0) is 9.47. The van der Waals surface area contributed by atoms with E-state index in [-0.39, 0.29) is 5.91 Å². The van der Waals surface area contributed by atoms with Crippen molar-refractivity contribution in [2.45, 2.75) is 31.3 Å². The highest BCUT2D eigenvalue weighted by Gasteiger charge is 2.46. The lowest BCUT2D eigenvalue weighted by Crippen LogP contribution is -2.48. The first-order valence-electron chi connectivity index (χ1n) is 4.79. The molecule has 0 radical (unpaired) electrons. The van der Waals surface area contributed by atoms with E-state index >= 15 is 0 Å². The van der Waals surface area contributed by atoms with Crippen molar-refractivity contribution < 1.29 is 4.79 Å². The van der Waals surface area contributed by atoms with Gasteiger partial charge in [-0.2, -0.15) is 11.8 Å². The Bertz CT molecular complexity index is 228. The molecule has 0 aromatic heterocycles. The van der Waals surface area contributed by atoms with E-state index in [1.807, 2.05) is 11.8 Å². The Hall–Kier alpha value is -0.220. The predicted octanol–water partition coefficient (Wildman–Crippen LogP) is 0.345. The average molecular weight is 200 g/mol. The van der Waals surface area contributed by atoms with Crippen LogP contribution in [0.5, 0.6) is 0 Å². The van der Waals surface area contributed by atoms with Crippen LogP contribution in [0.2, 0.25) is 0 Å². The number of amides is 1. The lowest BCUT2D eigenvalue weighted by Gasteiger charge is -2.18. The van der Waals surface area contributed by atoms with Crippen molar-refractivity contribution in [2.75, 3.05) is 11.5 Å². The van der Waals surface area contributed by atoms with Crippen molar-refractivity contribution in [3.63, 3.8) is 0 Å². The van der Waals surface area contributed by atoms with Gasteiger partial charge in [0, 0.05) is 11.8 Å². The normalized spacial score (nSPS) is 35.8. The summed E-state index contributed by atoms with van der Waals surface area (Å²) in [4.78, 5) is 11.6. The smallest absolute Gasteiger partial charge is 0.240 e. The van der Waals surface area contributed by atoms with Gasteiger partial charge in [0.1, 0.15) is 0 Å². The Morgan fingerprint density at radius 2 is 2.23 bits per heavy atom. The molecule has 1 heterocycles. The van der Waals surface area contributed by atoms with Crippen LogP contribution in [0.25, 0.3) is 0 Å². The molecule has 0 aromatic rings. The minimum absolute atomic E-state index is 0.0619. The van der Waals surface area contributed by atoms with Gasteiger partial charge in [0.15, 0.2) is 0 Å². The topological polar surface area (TPSA) is 55.1 Å². The zero-order valence-corrected chi connectivity index (χ0v) is 8.69. The average Bonchev–Trinajstić information content (AvgIpc) is 2.72. The Kier molecular flexibility index (Phi) is 2.28. The third kappa shape index (κ3) is 1.83. The van der Waals surface area contributed by atoms with Gasteiger partial charge in [0.05, 0.1) is 5.54 Å². The number of hydrogen-bond donors (Lipinski definition) is 2. The summed E-state index contributed by atoms with van der Waals surface area (Å²) < 4.78 is 0. The summed E-state index contributed by atoms with van der Waals surface area (Å²) >= 11 is 1.91. The molecule has 4 heteroatoms. The molecule has 1 aliphatic carbocycles. The van der Waals surface area contributed by atoms with Crippen LogP contribution < -0.4 is 11.1 Å². The molecule has 13 heavy (non-hydrogen) atoms. The first-order valence-corrected chi connectivity index (χ1v) is 5.95. The molecular weight excluding hydrogens is 184 g/mol. The Morgan fingerprint density at radius 1 is 1.54 bits per heavy atom. The molecule has 2 fully saturated rings. The number of nitrogens with one attached hydrogen (secondary N) is 1. The molecule has 3 nitrogen and oxygen atoms in total. The minimum atomic E-state index is -0.507. The highest BCUT2D eigenvalue weighted by molar-refractivity contribution is 7.99. The van der Waals surface area contributed by atoms with Gasteiger partial charge in [-0.1, -0.05) is 6.92 Å². The zero-order valence-electron chi connectivity index (χ0n) is 7.88. The summed E-state index contributed by atoms with van der Waals surface area (Å²) in [7, 11) is 0. The highest BCUT2D eigenvalue weighted by atomic mass is 32.2. The Balaban J connectivity index is 1.87. The number of rotatable bonds is 2. The standard InChI is InChI=1S/C9H16N2OS/c1-6-4-13-5-7(6)11-8(12)9(10)2-3-9/h6-7H,2-5,10H2,1H3,(H,11,12). The maximum Gasteiger partial charge on any atom is 0.240 e. The largest absolute Gasteiger partial charge is 0.351 e. The Labute approximate surface area is 82.8 Å². The predicted molar refractivity (Wildman–Crippen MR) is 54.6 cm³/mol. The number of thioether (sulfide) groups is 1. The van der Waals surface area contributed by atoms with Gasteiger partial charge in [0.2, 0.25) is 5.91 Å². The fourth-order valence-corrected chi connectivity index (χ4v) is 2.93. The van der Waals surface area contributed by atoms with Crippen molar-refractivity contribution in [3.8, 4) is 0 Å². The molecule has 1 aliphatic heterocycles. The molecule has 2 unspecified atom stereocenters. The van der Waals surface area contributed by atoms with Crippen LogP contribution in [0.3, 0.4) is 0 Å². The lowest BCUT2D eigenvalue weighted by atomic mass is 10.1. The molecule has 1 amide bonds. The van der Waals surface area contributed by atoms with Crippen molar-refractivity contribution in [2.24, 2.45) is 11.7 Å². The van der Waals surface area contributed by atoms with Crippen molar-refractivity contribution in [3.05, 3.63) is 0 Å². The van der Waals surface area contributed by atoms with E-state index in [1.54, 1.807) is 0 Å². The van der Waals surface area contributed by atoms with Crippen LogP contribution in [0, 0.1) is 5.92 Å². The third-order valence-electron chi connectivity index (χ3n) is 2.92. The van der Waals surface area contributed by atoms with Crippen LogP contribution in [0.1, 0.15) is 19.8 Å². The van der Waals surface area contributed by atoms with Gasteiger partial charge in [-0.25, -0.2) is 0 Å². The number of hydrogen-bond acceptors (Lipinski definition) is 3. The van der Waals surface area contributed by atoms with E-state index in [9.17, 15) is 4.79 Å². The van der Waals surface area contributed by atoms with E-state index in [2.05, 4.69) is 12.2 Å². The quantitative estimate of drug-likeness (QED) is 0.676. The SMILES string of the molecule is CC1CSCC1NC(=O)C1(N)CC1. The van der Waals surface area contributed by atoms with E-state index < -0.39 is 5.54 Å². The number of carbonyl (C=O) groups is 1. The first kappa shape index (κ1) is 9.34.